The van der Waals surface area contributed by atoms with E-state index in [4.69, 9.17) is 0 Å². The molecule has 0 spiro atoms. The molecule has 1 aliphatic heterocycles. The Labute approximate surface area is 122 Å². The van der Waals surface area contributed by atoms with Gasteiger partial charge >= 0.3 is 0 Å². The average Bonchev–Trinajstić information content (AvgIpc) is 2.44. The zero-order valence-electron chi connectivity index (χ0n) is 11.9. The number of nitrogens with one attached hydrogen (secondary N) is 1. The van der Waals surface area contributed by atoms with Crippen molar-refractivity contribution in [2.75, 3.05) is 0 Å². The summed E-state index contributed by atoms with van der Waals surface area (Å²) in [5.41, 5.74) is 2.07. The maximum atomic E-state index is 12.5. The molecule has 6 nitrogen and oxygen atoms in total. The molecule has 21 heavy (non-hydrogen) atoms. The molecule has 0 bridgehead atoms. The molecule has 0 aliphatic carbocycles. The van der Waals surface area contributed by atoms with Crippen molar-refractivity contribution in [1.29, 1.82) is 0 Å². The number of imide groups is 2. The number of piperidine rings is 1. The third-order valence-corrected chi connectivity index (χ3v) is 3.73. The Bertz CT molecular complexity index is 624. The fourth-order valence-electron chi connectivity index (χ4n) is 2.33. The molecule has 1 aromatic rings. The largest absolute Gasteiger partial charge is 0.295 e. The van der Waals surface area contributed by atoms with Crippen molar-refractivity contribution >= 4 is 24.1 Å². The maximum absolute atomic E-state index is 12.5. The number of amides is 4. The van der Waals surface area contributed by atoms with Crippen LogP contribution in [0.4, 0.5) is 0 Å². The van der Waals surface area contributed by atoms with E-state index in [1.54, 1.807) is 19.1 Å². The summed E-state index contributed by atoms with van der Waals surface area (Å²) in [6.07, 6.45) is 0.616. The second-order valence-electron chi connectivity index (χ2n) is 5.03. The van der Waals surface area contributed by atoms with E-state index in [0.29, 0.717) is 12.0 Å². The van der Waals surface area contributed by atoms with Crippen molar-refractivity contribution in [2.45, 2.75) is 32.7 Å². The van der Waals surface area contributed by atoms with Gasteiger partial charge in [-0.1, -0.05) is 12.1 Å². The van der Waals surface area contributed by atoms with E-state index in [1.165, 1.54) is 0 Å². The maximum Gasteiger partial charge on any atom is 0.261 e. The second kappa shape index (κ2) is 5.87. The molecule has 1 heterocycles. The third-order valence-electron chi connectivity index (χ3n) is 3.73. The highest BCUT2D eigenvalue weighted by atomic mass is 16.2. The minimum Gasteiger partial charge on any atom is -0.295 e. The first-order chi connectivity index (χ1) is 9.95. The topological polar surface area (TPSA) is 83.6 Å². The summed E-state index contributed by atoms with van der Waals surface area (Å²) in [4.78, 5) is 47.6. The lowest BCUT2D eigenvalue weighted by atomic mass is 10.00. The van der Waals surface area contributed by atoms with Crippen molar-refractivity contribution in [3.8, 4) is 0 Å². The van der Waals surface area contributed by atoms with Gasteiger partial charge in [0.25, 0.3) is 5.91 Å². The van der Waals surface area contributed by atoms with E-state index >= 15 is 0 Å². The van der Waals surface area contributed by atoms with Gasteiger partial charge in [0.1, 0.15) is 6.04 Å². The molecule has 110 valence electrons. The van der Waals surface area contributed by atoms with Crippen molar-refractivity contribution < 1.29 is 19.2 Å². The number of carbonyl (C=O) groups is 4. The van der Waals surface area contributed by atoms with E-state index in [9.17, 15) is 19.2 Å². The number of benzene rings is 1. The molecule has 1 saturated heterocycles. The van der Waals surface area contributed by atoms with Crippen molar-refractivity contribution in [2.24, 2.45) is 0 Å². The molecule has 1 aromatic carbocycles. The van der Waals surface area contributed by atoms with Crippen LogP contribution in [0, 0.1) is 13.8 Å². The predicted octanol–water partition coefficient (Wildman–Crippen LogP) is 0.707. The molecule has 0 aromatic heterocycles. The normalized spacial score (nSPS) is 18.1. The summed E-state index contributed by atoms with van der Waals surface area (Å²) in [6, 6.07) is 4.27. The zero-order chi connectivity index (χ0) is 15.6. The highest BCUT2D eigenvalue weighted by molar-refractivity contribution is 6.07. The van der Waals surface area contributed by atoms with E-state index in [0.717, 1.165) is 16.0 Å². The molecule has 0 saturated carbocycles. The van der Waals surface area contributed by atoms with Crippen LogP contribution in [-0.4, -0.2) is 35.1 Å². The van der Waals surface area contributed by atoms with Gasteiger partial charge < -0.3 is 0 Å². The van der Waals surface area contributed by atoms with Crippen LogP contribution < -0.4 is 5.32 Å². The second-order valence-corrected chi connectivity index (χ2v) is 5.03. The number of rotatable bonds is 3. The van der Waals surface area contributed by atoms with Crippen LogP contribution in [0.1, 0.15) is 34.3 Å². The van der Waals surface area contributed by atoms with E-state index in [1.807, 2.05) is 13.0 Å². The number of nitrogens with zero attached hydrogens (tertiary/aromatic N) is 1. The molecular formula is C15H16N2O4. The van der Waals surface area contributed by atoms with Gasteiger partial charge in [0.15, 0.2) is 0 Å². The highest BCUT2D eigenvalue weighted by Crippen LogP contribution is 2.18. The predicted molar refractivity (Wildman–Crippen MR) is 74.3 cm³/mol. The van der Waals surface area contributed by atoms with Gasteiger partial charge in [0.2, 0.25) is 18.2 Å². The van der Waals surface area contributed by atoms with Crippen LogP contribution in [0.2, 0.25) is 0 Å². The fourth-order valence-corrected chi connectivity index (χ4v) is 2.33. The standard InChI is InChI=1S/C15H16N2O4/c1-9-4-3-5-11(10(9)2)15(21)17(8-18)12-6-7-13(19)16-14(12)20/h3-5,8,12H,6-7H2,1-2H3,(H,16,19,20). The minimum atomic E-state index is -0.937. The van der Waals surface area contributed by atoms with Crippen LogP contribution in [0.25, 0.3) is 0 Å². The fraction of sp³-hybridized carbons (Fsp3) is 0.333. The molecule has 6 heteroatoms. The average molecular weight is 288 g/mol. The molecule has 1 fully saturated rings. The molecule has 1 unspecified atom stereocenters. The number of hydrogen-bond donors (Lipinski definition) is 1. The first-order valence-electron chi connectivity index (χ1n) is 6.63. The summed E-state index contributed by atoms with van der Waals surface area (Å²) in [5, 5.41) is 2.15. The Balaban J connectivity index is 2.31. The van der Waals surface area contributed by atoms with Crippen LogP contribution in [0.3, 0.4) is 0 Å². The van der Waals surface area contributed by atoms with Gasteiger partial charge in [-0.2, -0.15) is 0 Å². The molecule has 1 aliphatic rings. The molecule has 4 amide bonds. The molecular weight excluding hydrogens is 272 g/mol. The first kappa shape index (κ1) is 14.9. The number of hydrogen-bond acceptors (Lipinski definition) is 4. The van der Waals surface area contributed by atoms with E-state index in [2.05, 4.69) is 5.32 Å². The summed E-state index contributed by atoms with van der Waals surface area (Å²) in [6.45, 7) is 3.65. The SMILES string of the molecule is Cc1cccc(C(=O)N(C=O)C2CCC(=O)NC2=O)c1C. The number of carbonyl (C=O) groups excluding carboxylic acids is 4. The minimum absolute atomic E-state index is 0.112. The lowest BCUT2D eigenvalue weighted by Gasteiger charge is -2.28. The van der Waals surface area contributed by atoms with Crippen molar-refractivity contribution in [3.63, 3.8) is 0 Å². The Morgan fingerprint density at radius 1 is 1.33 bits per heavy atom. The van der Waals surface area contributed by atoms with Crippen molar-refractivity contribution in [3.05, 3.63) is 34.9 Å². The van der Waals surface area contributed by atoms with E-state index < -0.39 is 17.9 Å². The van der Waals surface area contributed by atoms with Gasteiger partial charge in [0, 0.05) is 12.0 Å². The smallest absolute Gasteiger partial charge is 0.261 e. The molecule has 0 radical (unpaired) electrons. The molecule has 1 N–H and O–H groups in total. The third kappa shape index (κ3) is 2.84. The van der Waals surface area contributed by atoms with Crippen LogP contribution >= 0.6 is 0 Å². The summed E-state index contributed by atoms with van der Waals surface area (Å²) in [7, 11) is 0. The molecule has 2 rings (SSSR count). The van der Waals surface area contributed by atoms with Gasteiger partial charge in [-0.05, 0) is 37.5 Å². The van der Waals surface area contributed by atoms with Gasteiger partial charge in [-0.25, -0.2) is 0 Å². The van der Waals surface area contributed by atoms with Crippen LogP contribution in [0.15, 0.2) is 18.2 Å². The first-order valence-corrected chi connectivity index (χ1v) is 6.63. The lowest BCUT2D eigenvalue weighted by Crippen LogP contribution is -2.53. The lowest BCUT2D eigenvalue weighted by molar-refractivity contribution is -0.139. The number of aryl methyl sites for hydroxylation is 1. The zero-order valence-corrected chi connectivity index (χ0v) is 11.9. The van der Waals surface area contributed by atoms with Crippen molar-refractivity contribution in [1.82, 2.24) is 10.2 Å². The Morgan fingerprint density at radius 2 is 2.05 bits per heavy atom. The van der Waals surface area contributed by atoms with Crippen LogP contribution in [0.5, 0.6) is 0 Å². The Morgan fingerprint density at radius 3 is 2.67 bits per heavy atom. The summed E-state index contributed by atoms with van der Waals surface area (Å²) < 4.78 is 0. The summed E-state index contributed by atoms with van der Waals surface area (Å²) >= 11 is 0. The highest BCUT2D eigenvalue weighted by Gasteiger charge is 2.35. The molecule has 1 atom stereocenters. The monoisotopic (exact) mass is 288 g/mol. The van der Waals surface area contributed by atoms with Gasteiger partial charge in [-0.3, -0.25) is 29.4 Å². The quantitative estimate of drug-likeness (QED) is 0.656. The van der Waals surface area contributed by atoms with E-state index in [-0.39, 0.29) is 18.7 Å². The Hall–Kier alpha value is -2.50. The summed E-state index contributed by atoms with van der Waals surface area (Å²) in [5.74, 6) is -1.53. The Kier molecular flexibility index (Phi) is 4.16. The van der Waals surface area contributed by atoms with Gasteiger partial charge in [-0.15, -0.1) is 0 Å². The van der Waals surface area contributed by atoms with Crippen LogP contribution in [-0.2, 0) is 14.4 Å². The van der Waals surface area contributed by atoms with Gasteiger partial charge in [0.05, 0.1) is 0 Å².